The zero-order chi connectivity index (χ0) is 16.4. The average Bonchev–Trinajstić information content (AvgIpc) is 2.90. The second-order valence-corrected chi connectivity index (χ2v) is 5.47. The van der Waals surface area contributed by atoms with E-state index in [4.69, 9.17) is 9.47 Å². The molecule has 0 spiro atoms. The topological polar surface area (TPSA) is 59.0 Å². The van der Waals surface area contributed by atoms with E-state index in [-0.39, 0.29) is 12.5 Å². The molecular formula is C18H19NO4. The molecule has 1 amide bonds. The number of ether oxygens (including phenoxy) is 2. The van der Waals surface area contributed by atoms with Crippen LogP contribution in [0.5, 0.6) is 11.5 Å². The maximum Gasteiger partial charge on any atom is 0.258 e. The van der Waals surface area contributed by atoms with Gasteiger partial charge in [-0.05, 0) is 22.8 Å². The first kappa shape index (κ1) is 15.4. The minimum atomic E-state index is -0.0647. The molecule has 1 aliphatic rings. The third-order valence-electron chi connectivity index (χ3n) is 4.04. The van der Waals surface area contributed by atoms with Crippen molar-refractivity contribution in [3.8, 4) is 11.5 Å². The van der Waals surface area contributed by atoms with E-state index in [0.29, 0.717) is 30.2 Å². The molecule has 1 N–H and O–H groups in total. The summed E-state index contributed by atoms with van der Waals surface area (Å²) in [7, 11) is 3.10. The van der Waals surface area contributed by atoms with Crippen LogP contribution in [-0.4, -0.2) is 30.1 Å². The van der Waals surface area contributed by atoms with Gasteiger partial charge in [-0.1, -0.05) is 30.3 Å². The molecule has 0 saturated heterocycles. The average molecular weight is 313 g/mol. The Labute approximate surface area is 135 Å². The summed E-state index contributed by atoms with van der Waals surface area (Å²) >= 11 is 0. The Morgan fingerprint density at radius 2 is 1.91 bits per heavy atom. The summed E-state index contributed by atoms with van der Waals surface area (Å²) < 4.78 is 10.6. The number of hydrogen-bond donors (Lipinski definition) is 1. The van der Waals surface area contributed by atoms with Gasteiger partial charge in [-0.3, -0.25) is 4.79 Å². The van der Waals surface area contributed by atoms with E-state index in [2.05, 4.69) is 0 Å². The summed E-state index contributed by atoms with van der Waals surface area (Å²) in [5.74, 6) is 0.982. The largest absolute Gasteiger partial charge is 0.493 e. The molecule has 23 heavy (non-hydrogen) atoms. The molecule has 0 unspecified atom stereocenters. The first-order valence-corrected chi connectivity index (χ1v) is 7.39. The van der Waals surface area contributed by atoms with Gasteiger partial charge in [0.25, 0.3) is 5.91 Å². The van der Waals surface area contributed by atoms with Crippen molar-refractivity contribution in [1.29, 1.82) is 0 Å². The number of hydrogen-bond acceptors (Lipinski definition) is 4. The Hall–Kier alpha value is -2.53. The third kappa shape index (κ3) is 2.75. The van der Waals surface area contributed by atoms with Gasteiger partial charge in [0, 0.05) is 13.1 Å². The molecule has 0 aliphatic carbocycles. The lowest BCUT2D eigenvalue weighted by Crippen LogP contribution is -2.23. The molecule has 120 valence electrons. The number of aliphatic hydroxyl groups excluding tert-OH is 1. The van der Waals surface area contributed by atoms with Gasteiger partial charge in [0.05, 0.1) is 26.4 Å². The number of nitrogens with zero attached hydrogens (tertiary/aromatic N) is 1. The van der Waals surface area contributed by atoms with Crippen LogP contribution >= 0.6 is 0 Å². The fourth-order valence-corrected chi connectivity index (χ4v) is 2.94. The van der Waals surface area contributed by atoms with Crippen molar-refractivity contribution in [3.63, 3.8) is 0 Å². The number of carbonyl (C=O) groups is 1. The summed E-state index contributed by atoms with van der Waals surface area (Å²) in [5.41, 5.74) is 3.34. The fourth-order valence-electron chi connectivity index (χ4n) is 2.94. The first-order valence-electron chi connectivity index (χ1n) is 7.39. The molecule has 2 aromatic carbocycles. The van der Waals surface area contributed by atoms with Gasteiger partial charge >= 0.3 is 0 Å². The van der Waals surface area contributed by atoms with Crippen LogP contribution in [0.3, 0.4) is 0 Å². The van der Waals surface area contributed by atoms with Gasteiger partial charge in [-0.25, -0.2) is 0 Å². The Bertz CT molecular complexity index is 742. The van der Waals surface area contributed by atoms with E-state index in [0.717, 1.165) is 16.7 Å². The van der Waals surface area contributed by atoms with E-state index in [1.807, 2.05) is 36.4 Å². The number of benzene rings is 2. The molecule has 0 atom stereocenters. The summed E-state index contributed by atoms with van der Waals surface area (Å²) in [5, 5.41) is 9.23. The highest BCUT2D eigenvalue weighted by Crippen LogP contribution is 2.38. The lowest BCUT2D eigenvalue weighted by atomic mass is 10.1. The van der Waals surface area contributed by atoms with E-state index in [9.17, 15) is 9.90 Å². The quantitative estimate of drug-likeness (QED) is 0.920. The molecule has 5 nitrogen and oxygen atoms in total. The number of carbonyl (C=O) groups excluding carboxylic acids is 1. The van der Waals surface area contributed by atoms with Crippen LogP contribution in [0.4, 0.5) is 0 Å². The van der Waals surface area contributed by atoms with Crippen LogP contribution in [0, 0.1) is 0 Å². The lowest BCUT2D eigenvalue weighted by Gasteiger charge is -2.16. The number of aliphatic hydroxyl groups is 1. The number of rotatable bonds is 5. The summed E-state index contributed by atoms with van der Waals surface area (Å²) in [6.45, 7) is 1.03. The van der Waals surface area contributed by atoms with Crippen LogP contribution in [0.15, 0.2) is 36.4 Å². The minimum Gasteiger partial charge on any atom is -0.493 e. The molecule has 2 aromatic rings. The van der Waals surface area contributed by atoms with E-state index < -0.39 is 0 Å². The maximum absolute atomic E-state index is 12.7. The number of methoxy groups -OCH3 is 2. The second kappa shape index (κ2) is 6.30. The predicted octanol–water partition coefficient (Wildman–Crippen LogP) is 2.35. The SMILES string of the molecule is COc1ccc2c(c1OC)C(=O)N(Cc1cccc(CO)c1)C2. The highest BCUT2D eigenvalue weighted by molar-refractivity contribution is 6.01. The van der Waals surface area contributed by atoms with Crippen LogP contribution in [0.2, 0.25) is 0 Å². The van der Waals surface area contributed by atoms with Crippen LogP contribution in [0.25, 0.3) is 0 Å². The summed E-state index contributed by atoms with van der Waals surface area (Å²) in [4.78, 5) is 14.5. The van der Waals surface area contributed by atoms with Crippen molar-refractivity contribution in [3.05, 3.63) is 58.7 Å². The second-order valence-electron chi connectivity index (χ2n) is 5.47. The molecule has 0 radical (unpaired) electrons. The number of amides is 1. The van der Waals surface area contributed by atoms with E-state index in [1.165, 1.54) is 0 Å². The molecule has 5 heteroatoms. The standard InChI is InChI=1S/C18H19NO4/c1-22-15-7-6-14-10-19(18(21)16(14)17(15)23-2)9-12-4-3-5-13(8-12)11-20/h3-8,20H,9-11H2,1-2H3. The van der Waals surface area contributed by atoms with E-state index >= 15 is 0 Å². The Kier molecular flexibility index (Phi) is 4.21. The van der Waals surface area contributed by atoms with Crippen LogP contribution < -0.4 is 9.47 Å². The van der Waals surface area contributed by atoms with Crippen molar-refractivity contribution >= 4 is 5.91 Å². The monoisotopic (exact) mass is 313 g/mol. The Morgan fingerprint density at radius 3 is 2.61 bits per heavy atom. The molecular weight excluding hydrogens is 294 g/mol. The van der Waals surface area contributed by atoms with Crippen molar-refractivity contribution in [2.24, 2.45) is 0 Å². The van der Waals surface area contributed by atoms with Gasteiger partial charge < -0.3 is 19.5 Å². The summed E-state index contributed by atoms with van der Waals surface area (Å²) in [6.07, 6.45) is 0. The van der Waals surface area contributed by atoms with Gasteiger partial charge in [0.1, 0.15) is 0 Å². The van der Waals surface area contributed by atoms with Gasteiger partial charge in [-0.15, -0.1) is 0 Å². The zero-order valence-electron chi connectivity index (χ0n) is 13.2. The van der Waals surface area contributed by atoms with Crippen molar-refractivity contribution in [1.82, 2.24) is 4.90 Å². The third-order valence-corrected chi connectivity index (χ3v) is 4.04. The summed E-state index contributed by atoms with van der Waals surface area (Å²) in [6, 6.07) is 11.3. The maximum atomic E-state index is 12.7. The normalized spacial score (nSPS) is 13.2. The molecule has 0 bridgehead atoms. The van der Waals surface area contributed by atoms with Crippen molar-refractivity contribution in [2.45, 2.75) is 19.7 Å². The van der Waals surface area contributed by atoms with Gasteiger partial charge in [-0.2, -0.15) is 0 Å². The first-order chi connectivity index (χ1) is 11.2. The molecule has 0 fully saturated rings. The highest BCUT2D eigenvalue weighted by atomic mass is 16.5. The molecule has 0 aromatic heterocycles. The Morgan fingerprint density at radius 1 is 1.13 bits per heavy atom. The fraction of sp³-hybridized carbons (Fsp3) is 0.278. The minimum absolute atomic E-state index is 0.00691. The van der Waals surface area contributed by atoms with Gasteiger partial charge in [0.2, 0.25) is 0 Å². The molecule has 0 saturated carbocycles. The molecule has 3 rings (SSSR count). The molecule has 1 aliphatic heterocycles. The Balaban J connectivity index is 1.89. The highest BCUT2D eigenvalue weighted by Gasteiger charge is 2.32. The lowest BCUT2D eigenvalue weighted by molar-refractivity contribution is 0.0764. The predicted molar refractivity (Wildman–Crippen MR) is 85.5 cm³/mol. The number of fused-ring (bicyclic) bond motifs is 1. The van der Waals surface area contributed by atoms with E-state index in [1.54, 1.807) is 19.1 Å². The van der Waals surface area contributed by atoms with Crippen LogP contribution in [0.1, 0.15) is 27.0 Å². The zero-order valence-corrected chi connectivity index (χ0v) is 13.2. The van der Waals surface area contributed by atoms with Crippen molar-refractivity contribution in [2.75, 3.05) is 14.2 Å². The molecule has 1 heterocycles. The smallest absolute Gasteiger partial charge is 0.258 e. The van der Waals surface area contributed by atoms with Crippen molar-refractivity contribution < 1.29 is 19.4 Å². The van der Waals surface area contributed by atoms with Crippen LogP contribution in [-0.2, 0) is 19.7 Å². The van der Waals surface area contributed by atoms with Gasteiger partial charge in [0.15, 0.2) is 11.5 Å².